The first-order chi connectivity index (χ1) is 15.8. The van der Waals surface area contributed by atoms with Gasteiger partial charge in [-0.25, -0.2) is 9.79 Å². The van der Waals surface area contributed by atoms with Crippen LogP contribution < -0.4 is 21.3 Å². The van der Waals surface area contributed by atoms with Gasteiger partial charge in [-0.05, 0) is 71.5 Å². The molecule has 2 aliphatic heterocycles. The third-order valence-electron chi connectivity index (χ3n) is 6.06. The largest absolute Gasteiger partial charge is 0.444 e. The van der Waals surface area contributed by atoms with Crippen LogP contribution in [-0.2, 0) is 9.53 Å². The molecule has 1 aromatic rings. The minimum Gasteiger partial charge on any atom is -0.444 e. The number of amides is 2. The average Bonchev–Trinajstić information content (AvgIpc) is 2.77. The van der Waals surface area contributed by atoms with E-state index in [1.165, 1.54) is 0 Å². The maximum Gasteiger partial charge on any atom is 0.407 e. The van der Waals surface area contributed by atoms with Crippen LogP contribution in [-0.4, -0.2) is 43.2 Å². The van der Waals surface area contributed by atoms with Crippen LogP contribution >= 0.6 is 0 Å². The summed E-state index contributed by atoms with van der Waals surface area (Å²) in [6.07, 6.45) is 5.61. The number of carbonyl (C=O) groups is 2. The number of alkyl carbamates (subject to hydrolysis) is 1. The number of unbranched alkanes of at least 4 members (excludes halogenated alkanes) is 3. The zero-order valence-electron chi connectivity index (χ0n) is 20.2. The number of nitrogens with zero attached hydrogens (tertiary/aromatic N) is 2. The van der Waals surface area contributed by atoms with Gasteiger partial charge in [-0.2, -0.15) is 0 Å². The van der Waals surface area contributed by atoms with Gasteiger partial charge in [0.25, 0.3) is 0 Å². The Balaban J connectivity index is 1.47. The molecule has 0 bridgehead atoms. The zero-order valence-corrected chi connectivity index (χ0v) is 20.2. The Kier molecular flexibility index (Phi) is 8.72. The van der Waals surface area contributed by atoms with Gasteiger partial charge in [0.1, 0.15) is 5.60 Å². The van der Waals surface area contributed by atoms with E-state index in [4.69, 9.17) is 15.5 Å². The molecule has 2 amide bonds. The van der Waals surface area contributed by atoms with Crippen molar-refractivity contribution in [2.24, 2.45) is 16.6 Å². The van der Waals surface area contributed by atoms with Crippen LogP contribution in [0.4, 0.5) is 10.5 Å². The maximum atomic E-state index is 13.0. The summed E-state index contributed by atoms with van der Waals surface area (Å²) < 4.78 is 5.22. The molecule has 8 heteroatoms. The summed E-state index contributed by atoms with van der Waals surface area (Å²) in [5.74, 6) is 0.737. The molecule has 4 N–H and O–H groups in total. The Morgan fingerprint density at radius 3 is 2.58 bits per heavy atom. The number of ether oxygens (including phenoxy) is 1. The highest BCUT2D eigenvalue weighted by molar-refractivity contribution is 6.17. The van der Waals surface area contributed by atoms with Crippen molar-refractivity contribution in [2.75, 3.05) is 24.5 Å². The fraction of sp³-hybridized carbons (Fsp3) is 0.640. The second-order valence-corrected chi connectivity index (χ2v) is 9.90. The Morgan fingerprint density at radius 2 is 1.85 bits per heavy atom. The first kappa shape index (κ1) is 25.0. The Labute approximate surface area is 197 Å². The van der Waals surface area contributed by atoms with Crippen molar-refractivity contribution in [1.82, 2.24) is 10.6 Å². The lowest BCUT2D eigenvalue weighted by molar-refractivity contribution is -0.117. The molecule has 1 saturated heterocycles. The number of fused-ring (bicyclic) bond motifs is 1. The lowest BCUT2D eigenvalue weighted by atomic mass is 9.84. The van der Waals surface area contributed by atoms with Gasteiger partial charge in [0.2, 0.25) is 11.9 Å². The molecule has 1 aromatic carbocycles. The molecule has 33 heavy (non-hydrogen) atoms. The highest BCUT2D eigenvalue weighted by atomic mass is 16.6. The number of hydrogen-bond donors (Lipinski definition) is 3. The SMILES string of the molecule is CC(C)(C)OC(=O)NCCCCCCC(=O)N1C(N)=NC(C2CCNCC2)c2ccccc21. The third-order valence-corrected chi connectivity index (χ3v) is 6.06. The van der Waals surface area contributed by atoms with Crippen molar-refractivity contribution in [3.05, 3.63) is 29.8 Å². The van der Waals surface area contributed by atoms with Gasteiger partial charge >= 0.3 is 6.09 Å². The number of carbonyl (C=O) groups excluding carboxylic acids is 2. The molecule has 8 nitrogen and oxygen atoms in total. The van der Waals surface area contributed by atoms with Crippen LogP contribution in [0.2, 0.25) is 0 Å². The molecule has 0 radical (unpaired) electrons. The number of nitrogens with one attached hydrogen (secondary N) is 2. The van der Waals surface area contributed by atoms with E-state index in [0.29, 0.717) is 24.8 Å². The molecule has 2 aliphatic rings. The number of anilines is 1. The predicted octanol–water partition coefficient (Wildman–Crippen LogP) is 3.86. The van der Waals surface area contributed by atoms with Gasteiger partial charge in [0.15, 0.2) is 0 Å². The molecule has 1 fully saturated rings. The van der Waals surface area contributed by atoms with E-state index in [1.54, 1.807) is 4.90 Å². The molecule has 1 unspecified atom stereocenters. The van der Waals surface area contributed by atoms with E-state index in [0.717, 1.165) is 62.9 Å². The number of para-hydroxylation sites is 1. The number of benzene rings is 1. The molecular weight excluding hydrogens is 418 g/mol. The van der Waals surface area contributed by atoms with Gasteiger partial charge in [0, 0.05) is 18.5 Å². The van der Waals surface area contributed by atoms with Crippen LogP contribution in [0.25, 0.3) is 0 Å². The molecule has 1 atom stereocenters. The highest BCUT2D eigenvalue weighted by Crippen LogP contribution is 2.40. The van der Waals surface area contributed by atoms with Gasteiger partial charge in [-0.3, -0.25) is 9.69 Å². The lowest BCUT2D eigenvalue weighted by Gasteiger charge is -2.36. The van der Waals surface area contributed by atoms with Crippen LogP contribution in [0.5, 0.6) is 0 Å². The minimum atomic E-state index is -0.490. The summed E-state index contributed by atoms with van der Waals surface area (Å²) in [7, 11) is 0. The topological polar surface area (TPSA) is 109 Å². The highest BCUT2D eigenvalue weighted by Gasteiger charge is 2.34. The summed E-state index contributed by atoms with van der Waals surface area (Å²) in [5, 5.41) is 6.17. The number of hydrogen-bond acceptors (Lipinski definition) is 6. The van der Waals surface area contributed by atoms with E-state index < -0.39 is 5.60 Å². The third kappa shape index (κ3) is 7.19. The van der Waals surface area contributed by atoms with Crippen LogP contribution in [0.15, 0.2) is 29.3 Å². The minimum absolute atomic E-state index is 0.0145. The Hall–Kier alpha value is -2.61. The van der Waals surface area contributed by atoms with E-state index in [1.807, 2.05) is 39.0 Å². The van der Waals surface area contributed by atoms with E-state index in [-0.39, 0.29) is 18.0 Å². The summed E-state index contributed by atoms with van der Waals surface area (Å²) in [6, 6.07) is 8.04. The monoisotopic (exact) mass is 457 g/mol. The quantitative estimate of drug-likeness (QED) is 0.514. The molecule has 0 aliphatic carbocycles. The van der Waals surface area contributed by atoms with Gasteiger partial charge in [0.05, 0.1) is 11.7 Å². The van der Waals surface area contributed by atoms with Gasteiger partial charge in [-0.1, -0.05) is 31.0 Å². The summed E-state index contributed by atoms with van der Waals surface area (Å²) >= 11 is 0. The van der Waals surface area contributed by atoms with E-state index in [9.17, 15) is 9.59 Å². The molecule has 3 rings (SSSR count). The number of aliphatic imine (C=N–C) groups is 1. The number of guanidine groups is 1. The van der Waals surface area contributed by atoms with Gasteiger partial charge < -0.3 is 21.1 Å². The van der Waals surface area contributed by atoms with Crippen LogP contribution in [0.3, 0.4) is 0 Å². The maximum absolute atomic E-state index is 13.0. The molecule has 0 spiro atoms. The Bertz CT molecular complexity index is 843. The second kappa shape index (κ2) is 11.5. The fourth-order valence-corrected chi connectivity index (χ4v) is 4.49. The molecule has 182 valence electrons. The van der Waals surface area contributed by atoms with E-state index in [2.05, 4.69) is 16.7 Å². The fourth-order valence-electron chi connectivity index (χ4n) is 4.49. The van der Waals surface area contributed by atoms with Crippen molar-refractivity contribution >= 4 is 23.6 Å². The first-order valence-corrected chi connectivity index (χ1v) is 12.2. The smallest absolute Gasteiger partial charge is 0.407 e. The molecular formula is C25H39N5O3. The summed E-state index contributed by atoms with van der Waals surface area (Å²) in [5.41, 5.74) is 7.80. The normalized spacial score (nSPS) is 18.9. The van der Waals surface area contributed by atoms with Crippen molar-refractivity contribution in [2.45, 2.75) is 77.4 Å². The predicted molar refractivity (Wildman–Crippen MR) is 131 cm³/mol. The van der Waals surface area contributed by atoms with E-state index >= 15 is 0 Å². The number of piperidine rings is 1. The van der Waals surface area contributed by atoms with Crippen molar-refractivity contribution < 1.29 is 14.3 Å². The van der Waals surface area contributed by atoms with Crippen LogP contribution in [0.1, 0.15) is 77.3 Å². The second-order valence-electron chi connectivity index (χ2n) is 9.90. The number of nitrogens with two attached hydrogens (primary N) is 1. The summed E-state index contributed by atoms with van der Waals surface area (Å²) in [4.78, 5) is 31.1. The zero-order chi connectivity index (χ0) is 23.8. The molecule has 2 heterocycles. The number of rotatable bonds is 8. The first-order valence-electron chi connectivity index (χ1n) is 12.2. The lowest BCUT2D eigenvalue weighted by Crippen LogP contribution is -2.46. The summed E-state index contributed by atoms with van der Waals surface area (Å²) in [6.45, 7) is 8.09. The van der Waals surface area contributed by atoms with Crippen LogP contribution in [0, 0.1) is 5.92 Å². The van der Waals surface area contributed by atoms with Crippen molar-refractivity contribution in [3.63, 3.8) is 0 Å². The standard InChI is InChI=1S/C25H39N5O3/c1-25(2,3)33-24(32)28-15-9-5-4-6-12-21(31)30-20-11-8-7-10-19(20)22(29-23(30)26)18-13-16-27-17-14-18/h7-8,10-11,18,22,27H,4-6,9,12-17H2,1-3H3,(H2,26,29)(H,28,32). The molecule has 0 aromatic heterocycles. The average molecular weight is 458 g/mol. The van der Waals surface area contributed by atoms with Crippen molar-refractivity contribution in [1.29, 1.82) is 0 Å². The molecule has 0 saturated carbocycles. The van der Waals surface area contributed by atoms with Gasteiger partial charge in [-0.15, -0.1) is 0 Å². The van der Waals surface area contributed by atoms with Crippen molar-refractivity contribution in [3.8, 4) is 0 Å². The Morgan fingerprint density at radius 1 is 1.15 bits per heavy atom.